The molecule has 1 aliphatic rings. The van der Waals surface area contributed by atoms with E-state index in [-0.39, 0.29) is 0 Å². The van der Waals surface area contributed by atoms with Crippen LogP contribution in [0.15, 0.2) is 24.3 Å². The van der Waals surface area contributed by atoms with Gasteiger partial charge in [-0.25, -0.2) is 4.68 Å². The van der Waals surface area contributed by atoms with Crippen molar-refractivity contribution in [2.24, 2.45) is 7.05 Å². The summed E-state index contributed by atoms with van der Waals surface area (Å²) in [5.41, 5.74) is 6.97. The average molecular weight is 344 g/mol. The maximum Gasteiger partial charge on any atom is 0.243 e. The predicted octanol–water partition coefficient (Wildman–Crippen LogP) is 2.26. The van der Waals surface area contributed by atoms with Crippen molar-refractivity contribution >= 4 is 11.9 Å². The highest BCUT2D eigenvalue weighted by molar-refractivity contribution is 5.31. The highest BCUT2D eigenvalue weighted by atomic mass is 16.5. The second kappa shape index (κ2) is 8.71. The molecule has 0 radical (unpaired) electrons. The molecule has 1 fully saturated rings. The van der Waals surface area contributed by atoms with Gasteiger partial charge in [-0.1, -0.05) is 18.6 Å². The van der Waals surface area contributed by atoms with E-state index in [2.05, 4.69) is 38.5 Å². The van der Waals surface area contributed by atoms with E-state index in [0.29, 0.717) is 18.5 Å². The third-order valence-electron chi connectivity index (χ3n) is 4.42. The van der Waals surface area contributed by atoms with Crippen LogP contribution >= 0.6 is 0 Å². The first kappa shape index (κ1) is 17.5. The highest BCUT2D eigenvalue weighted by Crippen LogP contribution is 2.17. The quantitative estimate of drug-likeness (QED) is 0.715. The van der Waals surface area contributed by atoms with Gasteiger partial charge in [-0.05, 0) is 50.0 Å². The monoisotopic (exact) mass is 344 g/mol. The van der Waals surface area contributed by atoms with Gasteiger partial charge >= 0.3 is 0 Å². The van der Waals surface area contributed by atoms with Crippen LogP contribution in [0.5, 0.6) is 5.75 Å². The molecule has 1 aliphatic heterocycles. The number of ether oxygens (including phenoxy) is 1. The van der Waals surface area contributed by atoms with Crippen LogP contribution in [-0.4, -0.2) is 45.9 Å². The Bertz CT molecular complexity index is 646. The van der Waals surface area contributed by atoms with E-state index >= 15 is 0 Å². The van der Waals surface area contributed by atoms with Crippen LogP contribution in [0.4, 0.5) is 11.9 Å². The predicted molar refractivity (Wildman–Crippen MR) is 99.6 cm³/mol. The Balaban J connectivity index is 1.38. The number of nitrogens with zero attached hydrogens (tertiary/aromatic N) is 4. The minimum absolute atomic E-state index is 0.407. The Kier molecular flexibility index (Phi) is 6.11. The molecule has 2 heterocycles. The zero-order chi connectivity index (χ0) is 17.5. The average Bonchev–Trinajstić information content (AvgIpc) is 2.94. The summed E-state index contributed by atoms with van der Waals surface area (Å²) in [4.78, 5) is 6.63. The first-order chi connectivity index (χ1) is 12.2. The van der Waals surface area contributed by atoms with Crippen LogP contribution in [0.25, 0.3) is 0 Å². The van der Waals surface area contributed by atoms with Crippen molar-refractivity contribution in [2.45, 2.75) is 32.2 Å². The summed E-state index contributed by atoms with van der Waals surface area (Å²) in [7, 11) is 1.77. The lowest BCUT2D eigenvalue weighted by Gasteiger charge is -2.26. The lowest BCUT2D eigenvalue weighted by atomic mass is 10.1. The fraction of sp³-hybridized carbons (Fsp3) is 0.556. The first-order valence-electron chi connectivity index (χ1n) is 9.05. The Labute approximate surface area is 149 Å². The molecule has 3 N–H and O–H groups in total. The molecule has 1 saturated heterocycles. The zero-order valence-electron chi connectivity index (χ0n) is 14.9. The number of likely N-dealkylation sites (tertiary alicyclic amines) is 1. The molecule has 0 saturated carbocycles. The Hall–Kier alpha value is -2.28. The zero-order valence-corrected chi connectivity index (χ0v) is 14.9. The molecule has 1 aromatic heterocycles. The Morgan fingerprint density at radius 1 is 1.24 bits per heavy atom. The molecule has 0 atom stereocenters. The summed E-state index contributed by atoms with van der Waals surface area (Å²) in [6.45, 7) is 4.84. The van der Waals surface area contributed by atoms with Crippen molar-refractivity contribution in [1.82, 2.24) is 19.7 Å². The lowest BCUT2D eigenvalue weighted by molar-refractivity contribution is 0.220. The van der Waals surface area contributed by atoms with E-state index in [0.717, 1.165) is 25.3 Å². The number of nitrogen functional groups attached to an aromatic ring is 1. The van der Waals surface area contributed by atoms with Crippen LogP contribution in [0, 0.1) is 0 Å². The van der Waals surface area contributed by atoms with Gasteiger partial charge in [0, 0.05) is 20.1 Å². The summed E-state index contributed by atoms with van der Waals surface area (Å²) >= 11 is 0. The maximum atomic E-state index is 5.87. The molecule has 136 valence electrons. The number of nitrogens with two attached hydrogens (primary N) is 1. The van der Waals surface area contributed by atoms with Gasteiger partial charge in [0.15, 0.2) is 0 Å². The summed E-state index contributed by atoms with van der Waals surface area (Å²) in [6, 6.07) is 8.44. The largest absolute Gasteiger partial charge is 0.494 e. The van der Waals surface area contributed by atoms with E-state index in [1.807, 2.05) is 6.07 Å². The number of nitrogens with one attached hydrogen (secondary N) is 1. The highest BCUT2D eigenvalue weighted by Gasteiger charge is 2.10. The fourth-order valence-corrected chi connectivity index (χ4v) is 3.04. The van der Waals surface area contributed by atoms with Crippen LogP contribution in [0.3, 0.4) is 0 Å². The maximum absolute atomic E-state index is 5.87. The van der Waals surface area contributed by atoms with Gasteiger partial charge in [-0.3, -0.25) is 4.90 Å². The second-order valence-corrected chi connectivity index (χ2v) is 6.53. The molecule has 1 aromatic carbocycles. The van der Waals surface area contributed by atoms with Gasteiger partial charge in [0.25, 0.3) is 0 Å². The number of aromatic nitrogens is 3. The molecule has 0 unspecified atom stereocenters. The number of aryl methyl sites for hydroxylation is 1. The summed E-state index contributed by atoms with van der Waals surface area (Å²) < 4.78 is 7.42. The molecule has 2 aromatic rings. The van der Waals surface area contributed by atoms with Gasteiger partial charge in [-0.15, -0.1) is 5.10 Å². The van der Waals surface area contributed by atoms with Gasteiger partial charge in [0.1, 0.15) is 5.75 Å². The SMILES string of the molecule is Cn1nc(NCCCOc2cccc(CN3CCCCC3)c2)nc1N. The van der Waals surface area contributed by atoms with Crippen LogP contribution in [-0.2, 0) is 13.6 Å². The second-order valence-electron chi connectivity index (χ2n) is 6.53. The van der Waals surface area contributed by atoms with Crippen molar-refractivity contribution in [1.29, 1.82) is 0 Å². The first-order valence-corrected chi connectivity index (χ1v) is 9.05. The van der Waals surface area contributed by atoms with Crippen molar-refractivity contribution in [3.63, 3.8) is 0 Å². The van der Waals surface area contributed by atoms with E-state index in [4.69, 9.17) is 10.5 Å². The molecule has 0 amide bonds. The summed E-state index contributed by atoms with van der Waals surface area (Å²) in [6.07, 6.45) is 4.88. The minimum Gasteiger partial charge on any atom is -0.494 e. The molecule has 3 rings (SSSR count). The van der Waals surface area contributed by atoms with Crippen LogP contribution < -0.4 is 15.8 Å². The van der Waals surface area contributed by atoms with Crippen LogP contribution in [0.2, 0.25) is 0 Å². The topological polar surface area (TPSA) is 81.2 Å². The van der Waals surface area contributed by atoms with Crippen molar-refractivity contribution in [3.05, 3.63) is 29.8 Å². The van der Waals surface area contributed by atoms with Crippen LogP contribution in [0.1, 0.15) is 31.2 Å². The molecular formula is C18H28N6O. The molecule has 0 aliphatic carbocycles. The number of piperidine rings is 1. The number of hydrogen-bond acceptors (Lipinski definition) is 6. The van der Waals surface area contributed by atoms with Gasteiger partial charge in [-0.2, -0.15) is 4.98 Å². The molecule has 0 spiro atoms. The van der Waals surface area contributed by atoms with Gasteiger partial charge in [0.2, 0.25) is 11.9 Å². The lowest BCUT2D eigenvalue weighted by Crippen LogP contribution is -2.29. The number of benzene rings is 1. The standard InChI is InChI=1S/C18H28N6O/c1-23-17(19)21-18(22-23)20-9-6-12-25-16-8-5-7-15(13-16)14-24-10-3-2-4-11-24/h5,7-8,13H,2-4,6,9-12,14H2,1H3,(H3,19,20,21,22). The smallest absolute Gasteiger partial charge is 0.243 e. The van der Waals surface area contributed by atoms with E-state index in [1.54, 1.807) is 11.7 Å². The molecule has 25 heavy (non-hydrogen) atoms. The molecule has 0 bridgehead atoms. The summed E-state index contributed by atoms with van der Waals surface area (Å²) in [5, 5.41) is 7.31. The molecule has 7 heteroatoms. The minimum atomic E-state index is 0.407. The Morgan fingerprint density at radius 2 is 2.08 bits per heavy atom. The van der Waals surface area contributed by atoms with E-state index in [1.165, 1.54) is 37.9 Å². The number of rotatable bonds is 8. The van der Waals surface area contributed by atoms with Crippen molar-refractivity contribution in [3.8, 4) is 5.75 Å². The number of hydrogen-bond donors (Lipinski definition) is 2. The normalized spacial score (nSPS) is 15.2. The third kappa shape index (κ3) is 5.35. The molecule has 7 nitrogen and oxygen atoms in total. The van der Waals surface area contributed by atoms with Crippen molar-refractivity contribution < 1.29 is 4.74 Å². The van der Waals surface area contributed by atoms with E-state index < -0.39 is 0 Å². The number of anilines is 2. The molecular weight excluding hydrogens is 316 g/mol. The van der Waals surface area contributed by atoms with Gasteiger partial charge < -0.3 is 15.8 Å². The van der Waals surface area contributed by atoms with Crippen molar-refractivity contribution in [2.75, 3.05) is 37.3 Å². The van der Waals surface area contributed by atoms with E-state index in [9.17, 15) is 0 Å². The van der Waals surface area contributed by atoms with Gasteiger partial charge in [0.05, 0.1) is 6.61 Å². The Morgan fingerprint density at radius 3 is 2.84 bits per heavy atom. The fourth-order valence-electron chi connectivity index (χ4n) is 3.04. The summed E-state index contributed by atoms with van der Waals surface area (Å²) in [5.74, 6) is 1.91. The third-order valence-corrected chi connectivity index (χ3v) is 4.42.